The van der Waals surface area contributed by atoms with Gasteiger partial charge in [-0.1, -0.05) is 13.8 Å². The van der Waals surface area contributed by atoms with Crippen molar-refractivity contribution in [3.05, 3.63) is 0 Å². The Morgan fingerprint density at radius 2 is 1.77 bits per heavy atom. The van der Waals surface area contributed by atoms with Crippen LogP contribution in [-0.2, 0) is 4.74 Å². The van der Waals surface area contributed by atoms with E-state index in [-0.39, 0.29) is 0 Å². The molecule has 0 N–H and O–H groups in total. The maximum absolute atomic E-state index is 5.43. The van der Waals surface area contributed by atoms with E-state index in [0.29, 0.717) is 5.25 Å². The van der Waals surface area contributed by atoms with Crippen LogP contribution < -0.4 is 0 Å². The highest BCUT2D eigenvalue weighted by molar-refractivity contribution is 7.80. The molecule has 0 aromatic carbocycles. The molecule has 3 nitrogen and oxygen atoms in total. The van der Waals surface area contributed by atoms with Crippen LogP contribution in [0.5, 0.6) is 0 Å². The van der Waals surface area contributed by atoms with Gasteiger partial charge in [-0.15, -0.1) is 0 Å². The third kappa shape index (κ3) is 7.20. The van der Waals surface area contributed by atoms with Gasteiger partial charge >= 0.3 is 0 Å². The predicted molar refractivity (Wildman–Crippen MR) is 97.9 cm³/mol. The number of likely N-dealkylation sites (tertiary alicyclic amines) is 1. The number of hydrogen-bond acceptors (Lipinski definition) is 4. The number of piperidine rings is 1. The summed E-state index contributed by atoms with van der Waals surface area (Å²) in [7, 11) is 0. The topological polar surface area (TPSA) is 15.7 Å². The molecule has 2 saturated heterocycles. The maximum Gasteiger partial charge on any atom is 0.0594 e. The molecular formula is C18H36N2OS. The molecule has 3 atom stereocenters. The zero-order valence-electron chi connectivity index (χ0n) is 14.7. The lowest BCUT2D eigenvalue weighted by Gasteiger charge is -2.34. The van der Waals surface area contributed by atoms with Crippen molar-refractivity contribution in [1.82, 2.24) is 9.80 Å². The van der Waals surface area contributed by atoms with Crippen LogP contribution in [0.15, 0.2) is 0 Å². The molecule has 22 heavy (non-hydrogen) atoms. The van der Waals surface area contributed by atoms with Crippen LogP contribution in [0.3, 0.4) is 0 Å². The molecule has 0 spiro atoms. The first kappa shape index (κ1) is 18.6. The Kier molecular flexibility index (Phi) is 8.58. The monoisotopic (exact) mass is 328 g/mol. The first-order chi connectivity index (χ1) is 10.6. The van der Waals surface area contributed by atoms with Gasteiger partial charge in [-0.3, -0.25) is 4.90 Å². The number of morpholine rings is 1. The molecule has 4 heteroatoms. The second kappa shape index (κ2) is 10.2. The molecule has 2 heterocycles. The fourth-order valence-corrected chi connectivity index (χ4v) is 3.95. The molecule has 0 aliphatic carbocycles. The van der Waals surface area contributed by atoms with Crippen LogP contribution in [0, 0.1) is 11.8 Å². The largest absolute Gasteiger partial charge is 0.379 e. The van der Waals surface area contributed by atoms with Crippen LogP contribution >= 0.6 is 12.6 Å². The van der Waals surface area contributed by atoms with Gasteiger partial charge in [0, 0.05) is 24.9 Å². The van der Waals surface area contributed by atoms with E-state index >= 15 is 0 Å². The molecule has 2 rings (SSSR count). The highest BCUT2D eigenvalue weighted by Crippen LogP contribution is 2.25. The van der Waals surface area contributed by atoms with E-state index in [0.717, 1.165) is 38.1 Å². The molecule has 0 aromatic rings. The Labute approximate surface area is 143 Å². The summed E-state index contributed by atoms with van der Waals surface area (Å²) in [6.07, 6.45) is 6.82. The smallest absolute Gasteiger partial charge is 0.0594 e. The minimum Gasteiger partial charge on any atom is -0.379 e. The van der Waals surface area contributed by atoms with Crippen molar-refractivity contribution in [2.24, 2.45) is 11.8 Å². The van der Waals surface area contributed by atoms with E-state index in [4.69, 9.17) is 4.74 Å². The first-order valence-corrected chi connectivity index (χ1v) is 9.85. The normalized spacial score (nSPS) is 27.7. The van der Waals surface area contributed by atoms with Crippen molar-refractivity contribution in [2.45, 2.75) is 51.2 Å². The van der Waals surface area contributed by atoms with E-state index in [1.54, 1.807) is 0 Å². The Balaban J connectivity index is 1.61. The minimum absolute atomic E-state index is 0.535. The summed E-state index contributed by atoms with van der Waals surface area (Å²) in [5.74, 6) is 1.78. The molecular weight excluding hydrogens is 292 g/mol. The maximum atomic E-state index is 5.43. The molecule has 2 aliphatic heterocycles. The third-order valence-corrected chi connectivity index (χ3v) is 5.50. The van der Waals surface area contributed by atoms with Gasteiger partial charge < -0.3 is 9.64 Å². The van der Waals surface area contributed by atoms with Gasteiger partial charge in [-0.05, 0) is 63.6 Å². The predicted octanol–water partition coefficient (Wildman–Crippen LogP) is 3.16. The van der Waals surface area contributed by atoms with Crippen molar-refractivity contribution >= 4 is 12.6 Å². The molecule has 0 saturated carbocycles. The molecule has 0 amide bonds. The fraction of sp³-hybridized carbons (Fsp3) is 1.00. The minimum atomic E-state index is 0.535. The van der Waals surface area contributed by atoms with Crippen molar-refractivity contribution in [2.75, 3.05) is 52.5 Å². The number of hydrogen-bond donors (Lipinski definition) is 1. The summed E-state index contributed by atoms with van der Waals surface area (Å²) in [4.78, 5) is 5.25. The van der Waals surface area contributed by atoms with Gasteiger partial charge in [0.25, 0.3) is 0 Å². The third-order valence-electron chi connectivity index (χ3n) is 5.24. The molecule has 0 radical (unpaired) electrons. The number of rotatable bonds is 8. The lowest BCUT2D eigenvalue weighted by molar-refractivity contribution is 0.0348. The molecule has 3 unspecified atom stereocenters. The van der Waals surface area contributed by atoms with Crippen LogP contribution in [0.1, 0.15) is 46.0 Å². The lowest BCUT2D eigenvalue weighted by Crippen LogP contribution is -2.38. The van der Waals surface area contributed by atoms with Gasteiger partial charge in [-0.25, -0.2) is 0 Å². The molecule has 2 fully saturated rings. The Morgan fingerprint density at radius 1 is 1.05 bits per heavy atom. The quantitative estimate of drug-likeness (QED) is 0.689. The first-order valence-electron chi connectivity index (χ1n) is 9.34. The number of thiol groups is 1. The standard InChI is InChI=1S/C18H36N2OS/c1-16(5-8-19-10-12-21-13-11-19)14-18-4-3-7-20(15-18)9-6-17(2)22/h16-18,22H,3-15H2,1-2H3. The molecule has 0 bridgehead atoms. The van der Waals surface area contributed by atoms with Crippen LogP contribution in [0.4, 0.5) is 0 Å². The van der Waals surface area contributed by atoms with Gasteiger partial charge in [0.05, 0.1) is 13.2 Å². The van der Waals surface area contributed by atoms with Crippen LogP contribution in [0.25, 0.3) is 0 Å². The van der Waals surface area contributed by atoms with Gasteiger partial charge in [0.15, 0.2) is 0 Å². The highest BCUT2D eigenvalue weighted by Gasteiger charge is 2.22. The summed E-state index contributed by atoms with van der Waals surface area (Å²) in [6.45, 7) is 13.9. The van der Waals surface area contributed by atoms with Crippen molar-refractivity contribution in [3.8, 4) is 0 Å². The lowest BCUT2D eigenvalue weighted by atomic mass is 9.87. The number of nitrogens with zero attached hydrogens (tertiary/aromatic N) is 2. The van der Waals surface area contributed by atoms with E-state index in [2.05, 4.69) is 36.3 Å². The average molecular weight is 329 g/mol. The van der Waals surface area contributed by atoms with Crippen molar-refractivity contribution in [3.63, 3.8) is 0 Å². The SMILES string of the molecule is CC(S)CCN1CCCC(CC(C)CCN2CCOCC2)C1. The Bertz CT molecular complexity index is 295. The second-order valence-corrected chi connectivity index (χ2v) is 8.41. The molecule has 0 aromatic heterocycles. The Morgan fingerprint density at radius 3 is 2.50 bits per heavy atom. The van der Waals surface area contributed by atoms with E-state index < -0.39 is 0 Å². The summed E-state index contributed by atoms with van der Waals surface area (Å²) in [5, 5.41) is 0.535. The van der Waals surface area contributed by atoms with Gasteiger partial charge in [-0.2, -0.15) is 12.6 Å². The average Bonchev–Trinajstić information content (AvgIpc) is 2.52. The summed E-state index contributed by atoms with van der Waals surface area (Å²) in [5.41, 5.74) is 0. The van der Waals surface area contributed by atoms with E-state index in [1.807, 2.05) is 0 Å². The second-order valence-electron chi connectivity index (χ2n) is 7.53. The highest BCUT2D eigenvalue weighted by atomic mass is 32.1. The summed E-state index contributed by atoms with van der Waals surface area (Å²) >= 11 is 4.51. The van der Waals surface area contributed by atoms with Gasteiger partial charge in [0.2, 0.25) is 0 Å². The summed E-state index contributed by atoms with van der Waals surface area (Å²) < 4.78 is 5.43. The molecule has 2 aliphatic rings. The zero-order chi connectivity index (χ0) is 15.8. The van der Waals surface area contributed by atoms with E-state index in [1.165, 1.54) is 58.3 Å². The van der Waals surface area contributed by atoms with E-state index in [9.17, 15) is 0 Å². The fourth-order valence-electron chi connectivity index (χ4n) is 3.83. The zero-order valence-corrected chi connectivity index (χ0v) is 15.6. The van der Waals surface area contributed by atoms with Crippen molar-refractivity contribution in [1.29, 1.82) is 0 Å². The van der Waals surface area contributed by atoms with Crippen LogP contribution in [0.2, 0.25) is 0 Å². The summed E-state index contributed by atoms with van der Waals surface area (Å²) in [6, 6.07) is 0. The van der Waals surface area contributed by atoms with Gasteiger partial charge in [0.1, 0.15) is 0 Å². The number of ether oxygens (including phenoxy) is 1. The molecule has 130 valence electrons. The van der Waals surface area contributed by atoms with Crippen LogP contribution in [-0.4, -0.2) is 67.5 Å². The Hall–Kier alpha value is 0.230. The van der Waals surface area contributed by atoms with Crippen molar-refractivity contribution < 1.29 is 4.74 Å².